The standard InChI is InChI=1S/C10H15FN2/c1-2-3-6-9(12)10-8(11)5-4-7-13-10/h4-5,7,9H,2-3,6,12H2,1H3. The molecule has 72 valence electrons. The largest absolute Gasteiger partial charge is 0.323 e. The van der Waals surface area contributed by atoms with Gasteiger partial charge in [-0.3, -0.25) is 4.98 Å². The third-order valence-electron chi connectivity index (χ3n) is 2.01. The molecule has 0 amide bonds. The maximum absolute atomic E-state index is 13.1. The van der Waals surface area contributed by atoms with E-state index in [1.54, 1.807) is 12.3 Å². The minimum atomic E-state index is -0.300. The molecular weight excluding hydrogens is 167 g/mol. The summed E-state index contributed by atoms with van der Waals surface area (Å²) >= 11 is 0. The Hall–Kier alpha value is -0.960. The van der Waals surface area contributed by atoms with Crippen molar-refractivity contribution in [2.24, 2.45) is 5.73 Å². The monoisotopic (exact) mass is 182 g/mol. The van der Waals surface area contributed by atoms with Crippen LogP contribution in [0.1, 0.15) is 37.9 Å². The Morgan fingerprint density at radius 2 is 2.38 bits per heavy atom. The summed E-state index contributed by atoms with van der Waals surface area (Å²) in [6, 6.07) is 2.71. The van der Waals surface area contributed by atoms with Gasteiger partial charge in [-0.25, -0.2) is 4.39 Å². The zero-order chi connectivity index (χ0) is 9.68. The smallest absolute Gasteiger partial charge is 0.146 e. The Bertz CT molecular complexity index is 263. The lowest BCUT2D eigenvalue weighted by atomic mass is 10.1. The van der Waals surface area contributed by atoms with Gasteiger partial charge in [-0.2, -0.15) is 0 Å². The van der Waals surface area contributed by atoms with Crippen molar-refractivity contribution < 1.29 is 4.39 Å². The van der Waals surface area contributed by atoms with Crippen molar-refractivity contribution in [1.29, 1.82) is 0 Å². The molecule has 0 aliphatic heterocycles. The van der Waals surface area contributed by atoms with Gasteiger partial charge in [-0.05, 0) is 18.6 Å². The number of unbranched alkanes of at least 4 members (excludes halogenated alkanes) is 1. The molecule has 1 aromatic rings. The molecule has 0 aliphatic rings. The third kappa shape index (κ3) is 2.77. The van der Waals surface area contributed by atoms with E-state index in [4.69, 9.17) is 5.73 Å². The molecule has 0 saturated carbocycles. The van der Waals surface area contributed by atoms with Gasteiger partial charge in [0.2, 0.25) is 0 Å². The van der Waals surface area contributed by atoms with Crippen molar-refractivity contribution in [1.82, 2.24) is 4.98 Å². The van der Waals surface area contributed by atoms with Crippen LogP contribution in [-0.2, 0) is 0 Å². The lowest BCUT2D eigenvalue weighted by molar-refractivity contribution is 0.532. The van der Waals surface area contributed by atoms with Crippen LogP contribution in [-0.4, -0.2) is 4.98 Å². The van der Waals surface area contributed by atoms with Crippen LogP contribution in [0.4, 0.5) is 4.39 Å². The quantitative estimate of drug-likeness (QED) is 0.776. The maximum Gasteiger partial charge on any atom is 0.146 e. The number of nitrogens with two attached hydrogens (primary N) is 1. The Balaban J connectivity index is 2.65. The minimum Gasteiger partial charge on any atom is -0.323 e. The Labute approximate surface area is 78.0 Å². The van der Waals surface area contributed by atoms with Crippen LogP contribution in [0.25, 0.3) is 0 Å². The first-order valence-electron chi connectivity index (χ1n) is 4.61. The van der Waals surface area contributed by atoms with Gasteiger partial charge in [0.1, 0.15) is 5.82 Å². The van der Waals surface area contributed by atoms with Crippen LogP contribution in [0.2, 0.25) is 0 Å². The predicted octanol–water partition coefficient (Wildman–Crippen LogP) is 2.41. The average molecular weight is 182 g/mol. The second-order valence-corrected chi connectivity index (χ2v) is 3.12. The number of hydrogen-bond acceptors (Lipinski definition) is 2. The summed E-state index contributed by atoms with van der Waals surface area (Å²) in [7, 11) is 0. The summed E-state index contributed by atoms with van der Waals surface area (Å²) in [5.41, 5.74) is 6.16. The summed E-state index contributed by atoms with van der Waals surface area (Å²) in [6.45, 7) is 2.08. The molecule has 13 heavy (non-hydrogen) atoms. The van der Waals surface area contributed by atoms with E-state index < -0.39 is 0 Å². The molecule has 0 fully saturated rings. The number of pyridine rings is 1. The molecule has 1 atom stereocenters. The molecule has 3 heteroatoms. The van der Waals surface area contributed by atoms with Gasteiger partial charge >= 0.3 is 0 Å². The topological polar surface area (TPSA) is 38.9 Å². The molecule has 1 unspecified atom stereocenters. The highest BCUT2D eigenvalue weighted by Gasteiger charge is 2.10. The molecule has 0 aliphatic carbocycles. The highest BCUT2D eigenvalue weighted by atomic mass is 19.1. The van der Waals surface area contributed by atoms with E-state index in [1.807, 2.05) is 0 Å². The molecule has 1 rings (SSSR count). The summed E-state index contributed by atoms with van der Waals surface area (Å²) in [6.07, 6.45) is 4.45. The van der Waals surface area contributed by atoms with Crippen LogP contribution in [0.15, 0.2) is 18.3 Å². The van der Waals surface area contributed by atoms with E-state index in [2.05, 4.69) is 11.9 Å². The van der Waals surface area contributed by atoms with Gasteiger partial charge < -0.3 is 5.73 Å². The fourth-order valence-electron chi connectivity index (χ4n) is 1.23. The van der Waals surface area contributed by atoms with Crippen LogP contribution >= 0.6 is 0 Å². The van der Waals surface area contributed by atoms with Crippen molar-refractivity contribution in [2.45, 2.75) is 32.2 Å². The number of rotatable bonds is 4. The average Bonchev–Trinajstić information content (AvgIpc) is 2.15. The molecule has 0 saturated heterocycles. The molecule has 0 bridgehead atoms. The van der Waals surface area contributed by atoms with E-state index in [-0.39, 0.29) is 11.9 Å². The SMILES string of the molecule is CCCCC(N)c1ncccc1F. The van der Waals surface area contributed by atoms with Crippen LogP contribution in [0, 0.1) is 5.82 Å². The number of hydrogen-bond donors (Lipinski definition) is 1. The van der Waals surface area contributed by atoms with Gasteiger partial charge in [0.05, 0.1) is 5.69 Å². The highest BCUT2D eigenvalue weighted by molar-refractivity contribution is 5.10. The highest BCUT2D eigenvalue weighted by Crippen LogP contribution is 2.16. The van der Waals surface area contributed by atoms with Crippen molar-refractivity contribution in [2.75, 3.05) is 0 Å². The van der Waals surface area contributed by atoms with Crippen molar-refractivity contribution >= 4 is 0 Å². The van der Waals surface area contributed by atoms with Crippen molar-refractivity contribution in [3.05, 3.63) is 29.8 Å². The molecular formula is C10H15FN2. The van der Waals surface area contributed by atoms with Crippen LogP contribution < -0.4 is 5.73 Å². The summed E-state index contributed by atoms with van der Waals surface area (Å²) in [5.74, 6) is -0.300. The van der Waals surface area contributed by atoms with Crippen LogP contribution in [0.5, 0.6) is 0 Å². The fourth-order valence-corrected chi connectivity index (χ4v) is 1.23. The van der Waals surface area contributed by atoms with E-state index in [1.165, 1.54) is 6.07 Å². The van der Waals surface area contributed by atoms with Gasteiger partial charge in [0, 0.05) is 12.2 Å². The first kappa shape index (κ1) is 10.1. The maximum atomic E-state index is 13.1. The van der Waals surface area contributed by atoms with Gasteiger partial charge in [-0.15, -0.1) is 0 Å². The lowest BCUT2D eigenvalue weighted by Gasteiger charge is -2.10. The normalized spacial score (nSPS) is 12.8. The molecule has 1 heterocycles. The fraction of sp³-hybridized carbons (Fsp3) is 0.500. The van der Waals surface area contributed by atoms with E-state index in [0.29, 0.717) is 5.69 Å². The van der Waals surface area contributed by atoms with E-state index in [0.717, 1.165) is 19.3 Å². The molecule has 1 aromatic heterocycles. The van der Waals surface area contributed by atoms with E-state index >= 15 is 0 Å². The zero-order valence-corrected chi connectivity index (χ0v) is 7.83. The number of aromatic nitrogens is 1. The zero-order valence-electron chi connectivity index (χ0n) is 7.83. The molecule has 0 spiro atoms. The van der Waals surface area contributed by atoms with Gasteiger partial charge in [-0.1, -0.05) is 19.8 Å². The minimum absolute atomic E-state index is 0.263. The van der Waals surface area contributed by atoms with E-state index in [9.17, 15) is 4.39 Å². The Kier molecular flexibility index (Phi) is 3.83. The Morgan fingerprint density at radius 3 is 3.00 bits per heavy atom. The van der Waals surface area contributed by atoms with Crippen molar-refractivity contribution in [3.63, 3.8) is 0 Å². The lowest BCUT2D eigenvalue weighted by Crippen LogP contribution is -2.13. The van der Waals surface area contributed by atoms with Gasteiger partial charge in [0.15, 0.2) is 0 Å². The second-order valence-electron chi connectivity index (χ2n) is 3.12. The number of nitrogens with zero attached hydrogens (tertiary/aromatic N) is 1. The van der Waals surface area contributed by atoms with Crippen LogP contribution in [0.3, 0.4) is 0 Å². The molecule has 0 aromatic carbocycles. The molecule has 2 N–H and O–H groups in total. The number of halogens is 1. The summed E-state index contributed by atoms with van der Waals surface area (Å²) in [4.78, 5) is 3.93. The van der Waals surface area contributed by atoms with Crippen molar-refractivity contribution in [3.8, 4) is 0 Å². The first-order valence-corrected chi connectivity index (χ1v) is 4.61. The first-order chi connectivity index (χ1) is 6.25. The second kappa shape index (κ2) is 4.92. The Morgan fingerprint density at radius 1 is 1.62 bits per heavy atom. The van der Waals surface area contributed by atoms with Gasteiger partial charge in [0.25, 0.3) is 0 Å². The third-order valence-corrected chi connectivity index (χ3v) is 2.01. The molecule has 0 radical (unpaired) electrons. The summed E-state index contributed by atoms with van der Waals surface area (Å²) in [5, 5.41) is 0. The molecule has 2 nitrogen and oxygen atoms in total. The summed E-state index contributed by atoms with van der Waals surface area (Å²) < 4.78 is 13.1. The predicted molar refractivity (Wildman–Crippen MR) is 50.6 cm³/mol.